The first-order valence-electron chi connectivity index (χ1n) is 10.3. The van der Waals surface area contributed by atoms with E-state index in [1.807, 2.05) is 54.6 Å². The van der Waals surface area contributed by atoms with Crippen LogP contribution in [-0.4, -0.2) is 42.1 Å². The molecule has 3 aromatic rings. The second kappa shape index (κ2) is 12.8. The number of aliphatic imine (C=N–C) groups is 2. The Bertz CT molecular complexity index is 999. The summed E-state index contributed by atoms with van der Waals surface area (Å²) in [7, 11) is 0. The molecule has 0 saturated carbocycles. The van der Waals surface area contributed by atoms with Crippen molar-refractivity contribution in [3.8, 4) is 0 Å². The summed E-state index contributed by atoms with van der Waals surface area (Å²) in [4.78, 5) is 14.2. The third-order valence-electron chi connectivity index (χ3n) is 5.24. The molecule has 0 spiro atoms. The van der Waals surface area contributed by atoms with E-state index in [4.69, 9.17) is 24.4 Å². The molecule has 0 amide bonds. The van der Waals surface area contributed by atoms with Crippen LogP contribution in [0, 0.1) is 0 Å². The molecule has 2 aromatic carbocycles. The van der Waals surface area contributed by atoms with Gasteiger partial charge in [0.1, 0.15) is 24.6 Å². The van der Waals surface area contributed by atoms with Gasteiger partial charge in [0.2, 0.25) is 11.8 Å². The van der Waals surface area contributed by atoms with E-state index < -0.39 is 0 Å². The molecule has 2 aliphatic rings. The van der Waals surface area contributed by atoms with Crippen LogP contribution in [0.5, 0.6) is 0 Å². The van der Waals surface area contributed by atoms with Gasteiger partial charge in [-0.15, -0.1) is 0 Å². The Morgan fingerprint density at radius 2 is 1.03 bits per heavy atom. The normalized spacial score (nSPS) is 18.4. The van der Waals surface area contributed by atoms with Crippen molar-refractivity contribution in [3.63, 3.8) is 0 Å². The van der Waals surface area contributed by atoms with E-state index in [0.29, 0.717) is 25.0 Å². The zero-order valence-electron chi connectivity index (χ0n) is 17.8. The fourth-order valence-electron chi connectivity index (χ4n) is 3.77. The summed E-state index contributed by atoms with van der Waals surface area (Å²) in [6, 6.07) is 26.7. The van der Waals surface area contributed by atoms with Crippen molar-refractivity contribution >= 4 is 11.8 Å². The molecule has 0 saturated heterocycles. The average molecular weight is 519 g/mol. The summed E-state index contributed by atoms with van der Waals surface area (Å²) in [5.74, 6) is 1.19. The van der Waals surface area contributed by atoms with Gasteiger partial charge in [0, 0.05) is 0 Å². The zero-order valence-corrected chi connectivity index (χ0v) is 20.8. The van der Waals surface area contributed by atoms with Crippen molar-refractivity contribution in [2.24, 2.45) is 9.98 Å². The molecule has 0 fully saturated rings. The summed E-state index contributed by atoms with van der Waals surface area (Å²) >= 11 is 0. The van der Waals surface area contributed by atoms with E-state index >= 15 is 0 Å². The van der Waals surface area contributed by atoms with Gasteiger partial charge in [-0.1, -0.05) is 66.7 Å². The van der Waals surface area contributed by atoms with Gasteiger partial charge in [0.15, 0.2) is 0 Å². The van der Waals surface area contributed by atoms with Crippen molar-refractivity contribution in [1.82, 2.24) is 4.98 Å². The maximum Gasteiger partial charge on any atom is 2.00 e. The SMILES string of the molecule is [Cl-].[Cl-].[V+2].c1ccc(CC2COC(c3cccc(C4=NC(Cc5ccccc5)CO4)n3)=N2)cc1. The Balaban J connectivity index is 0.00000128. The quantitative estimate of drug-likeness (QED) is 0.374. The summed E-state index contributed by atoms with van der Waals surface area (Å²) < 4.78 is 11.7. The summed E-state index contributed by atoms with van der Waals surface area (Å²) in [5, 5.41) is 0. The van der Waals surface area contributed by atoms with E-state index in [1.54, 1.807) is 0 Å². The van der Waals surface area contributed by atoms with Crippen molar-refractivity contribution in [3.05, 3.63) is 101 Å². The van der Waals surface area contributed by atoms with E-state index in [2.05, 4.69) is 24.3 Å². The molecule has 1 aromatic heterocycles. The van der Waals surface area contributed by atoms with Crippen LogP contribution in [0.1, 0.15) is 22.5 Å². The average Bonchev–Trinajstić information content (AvgIpc) is 3.45. The number of hydrogen-bond acceptors (Lipinski definition) is 5. The van der Waals surface area contributed by atoms with E-state index in [9.17, 15) is 0 Å². The third kappa shape index (κ3) is 6.84. The largest absolute Gasteiger partial charge is 2.00 e. The maximum atomic E-state index is 5.85. The number of rotatable bonds is 6. The van der Waals surface area contributed by atoms with Gasteiger partial charge in [0.05, 0.1) is 12.1 Å². The van der Waals surface area contributed by atoms with Gasteiger partial charge in [-0.05, 0) is 36.1 Å². The Morgan fingerprint density at radius 3 is 1.45 bits per heavy atom. The van der Waals surface area contributed by atoms with Crippen molar-refractivity contribution in [2.75, 3.05) is 13.2 Å². The molecule has 0 N–H and O–H groups in total. The van der Waals surface area contributed by atoms with Crippen LogP contribution in [0.2, 0.25) is 0 Å². The van der Waals surface area contributed by atoms with Crippen LogP contribution < -0.4 is 24.8 Å². The molecule has 5 nitrogen and oxygen atoms in total. The molecule has 2 aliphatic heterocycles. The number of nitrogens with zero attached hydrogens (tertiary/aromatic N) is 3. The van der Waals surface area contributed by atoms with Crippen molar-refractivity contribution in [1.29, 1.82) is 0 Å². The predicted molar refractivity (Wildman–Crippen MR) is 117 cm³/mol. The molecular weight excluding hydrogens is 496 g/mol. The minimum Gasteiger partial charge on any atom is -1.00 e. The second-order valence-electron chi connectivity index (χ2n) is 7.59. The molecule has 0 aliphatic carbocycles. The number of ether oxygens (including phenoxy) is 2. The Hall–Kier alpha value is -2.31. The van der Waals surface area contributed by atoms with Gasteiger partial charge >= 0.3 is 18.6 Å². The van der Waals surface area contributed by atoms with Gasteiger partial charge in [0.25, 0.3) is 0 Å². The first-order chi connectivity index (χ1) is 14.8. The standard InChI is InChI=1S/C25H23N3O2.2ClH.V/c1-3-8-18(9-4-1)14-20-16-29-24(26-20)22-12-7-13-23(28-22)25-27-21(17-30-25)15-19-10-5-2-6-11-19;;;/h1-13,20-21H,14-17H2;2*1H;/q;;;+2/p-2. The minimum atomic E-state index is 0. The summed E-state index contributed by atoms with van der Waals surface area (Å²) in [5.41, 5.74) is 3.97. The van der Waals surface area contributed by atoms with Gasteiger partial charge < -0.3 is 34.3 Å². The van der Waals surface area contributed by atoms with Crippen LogP contribution >= 0.6 is 0 Å². The van der Waals surface area contributed by atoms with Gasteiger partial charge in [-0.25, -0.2) is 15.0 Å². The molecule has 169 valence electrons. The van der Waals surface area contributed by atoms with Crippen LogP contribution in [0.4, 0.5) is 0 Å². The van der Waals surface area contributed by atoms with Gasteiger partial charge in [-0.3, -0.25) is 0 Å². The minimum absolute atomic E-state index is 0. The topological polar surface area (TPSA) is 56.1 Å². The van der Waals surface area contributed by atoms with Crippen molar-refractivity contribution < 1.29 is 52.8 Å². The molecule has 8 heteroatoms. The monoisotopic (exact) mass is 518 g/mol. The summed E-state index contributed by atoms with van der Waals surface area (Å²) in [6.45, 7) is 1.15. The number of benzene rings is 2. The molecule has 5 rings (SSSR count). The van der Waals surface area contributed by atoms with Crippen LogP contribution in [0.15, 0.2) is 88.8 Å². The van der Waals surface area contributed by atoms with E-state index in [0.717, 1.165) is 24.2 Å². The number of pyridine rings is 1. The van der Waals surface area contributed by atoms with Crippen LogP contribution in [0.25, 0.3) is 0 Å². The van der Waals surface area contributed by atoms with Crippen LogP contribution in [0.3, 0.4) is 0 Å². The Kier molecular flexibility index (Phi) is 10.5. The zero-order chi connectivity index (χ0) is 20.2. The van der Waals surface area contributed by atoms with E-state index in [1.165, 1.54) is 11.1 Å². The molecule has 2 unspecified atom stereocenters. The molecule has 3 heterocycles. The summed E-state index contributed by atoms with van der Waals surface area (Å²) in [6.07, 6.45) is 1.72. The maximum absolute atomic E-state index is 5.85. The molecular formula is C25H23Cl2N3O2V. The van der Waals surface area contributed by atoms with Crippen molar-refractivity contribution in [2.45, 2.75) is 24.9 Å². The van der Waals surface area contributed by atoms with Gasteiger partial charge in [-0.2, -0.15) is 0 Å². The first-order valence-corrected chi connectivity index (χ1v) is 10.3. The first kappa shape index (κ1) is 26.9. The smallest absolute Gasteiger partial charge is 1.00 e. The third-order valence-corrected chi connectivity index (χ3v) is 5.24. The fourth-order valence-corrected chi connectivity index (χ4v) is 3.77. The number of hydrogen-bond donors (Lipinski definition) is 0. The predicted octanol–water partition coefficient (Wildman–Crippen LogP) is -2.14. The second-order valence-corrected chi connectivity index (χ2v) is 7.59. The Morgan fingerprint density at radius 1 is 0.606 bits per heavy atom. The fraction of sp³-hybridized carbons (Fsp3) is 0.240. The number of aromatic nitrogens is 1. The molecule has 33 heavy (non-hydrogen) atoms. The van der Waals surface area contributed by atoms with Crippen LogP contribution in [-0.2, 0) is 40.9 Å². The molecule has 1 radical (unpaired) electrons. The molecule has 2 atom stereocenters. The Labute approximate surface area is 218 Å². The number of halogens is 2. The van der Waals surface area contributed by atoms with E-state index in [-0.39, 0.29) is 55.5 Å². The molecule has 0 bridgehead atoms.